The molecule has 10 nitrogen and oxygen atoms in total. The molecule has 4 amide bonds. The van der Waals surface area contributed by atoms with Crippen molar-refractivity contribution in [2.45, 2.75) is 64.0 Å². The van der Waals surface area contributed by atoms with Crippen LogP contribution in [0.15, 0.2) is 42.5 Å². The Balaban J connectivity index is 1.33. The summed E-state index contributed by atoms with van der Waals surface area (Å²) >= 11 is 0. The van der Waals surface area contributed by atoms with E-state index in [0.717, 1.165) is 36.9 Å². The van der Waals surface area contributed by atoms with E-state index < -0.39 is 0 Å². The Kier molecular flexibility index (Phi) is 9.56. The van der Waals surface area contributed by atoms with Crippen LogP contribution in [-0.2, 0) is 10.2 Å². The summed E-state index contributed by atoms with van der Waals surface area (Å²) in [7, 11) is 0. The first-order valence-electron chi connectivity index (χ1n) is 15.6. The molecule has 0 spiro atoms. The second-order valence-corrected chi connectivity index (χ2v) is 13.0. The highest BCUT2D eigenvalue weighted by molar-refractivity contribution is 6.07. The smallest absolute Gasteiger partial charge is 0.320 e. The number of anilines is 2. The molecule has 1 aliphatic carbocycles. The number of nitrogens with zero attached hydrogens (tertiary/aromatic N) is 3. The first-order valence-corrected chi connectivity index (χ1v) is 15.6. The summed E-state index contributed by atoms with van der Waals surface area (Å²) < 4.78 is 5.39. The van der Waals surface area contributed by atoms with Crippen LogP contribution in [0, 0.1) is 0 Å². The zero-order valence-electron chi connectivity index (χ0n) is 25.7. The highest BCUT2D eigenvalue weighted by Crippen LogP contribution is 2.30. The van der Waals surface area contributed by atoms with Crippen LogP contribution < -0.4 is 21.3 Å². The Labute approximate surface area is 254 Å². The van der Waals surface area contributed by atoms with E-state index in [1.54, 1.807) is 6.07 Å². The lowest BCUT2D eigenvalue weighted by Gasteiger charge is -2.39. The summed E-state index contributed by atoms with van der Waals surface area (Å²) in [5.41, 5.74) is 9.64. The van der Waals surface area contributed by atoms with E-state index in [1.165, 1.54) is 0 Å². The van der Waals surface area contributed by atoms with Crippen molar-refractivity contribution in [1.29, 1.82) is 0 Å². The van der Waals surface area contributed by atoms with Crippen LogP contribution >= 0.6 is 0 Å². The number of hydrogen-bond acceptors (Lipinski definition) is 6. The summed E-state index contributed by atoms with van der Waals surface area (Å²) in [5.74, 6) is -0.389. The number of carbonyl (C=O) groups is 3. The lowest BCUT2D eigenvalue weighted by molar-refractivity contribution is 0.0428. The van der Waals surface area contributed by atoms with Crippen LogP contribution in [0.2, 0.25) is 0 Å². The first kappa shape index (κ1) is 30.8. The molecule has 2 aromatic rings. The maximum Gasteiger partial charge on any atom is 0.320 e. The maximum atomic E-state index is 13.4. The van der Waals surface area contributed by atoms with Crippen molar-refractivity contribution in [3.05, 3.63) is 59.2 Å². The van der Waals surface area contributed by atoms with Crippen LogP contribution in [-0.4, -0.2) is 92.2 Å². The third kappa shape index (κ3) is 7.67. The molecule has 2 aliphatic heterocycles. The first-order chi connectivity index (χ1) is 20.6. The molecule has 10 heteroatoms. The molecule has 3 aliphatic rings. The second-order valence-electron chi connectivity index (χ2n) is 13.0. The Hall–Kier alpha value is -3.63. The topological polar surface area (TPSA) is 120 Å². The van der Waals surface area contributed by atoms with Gasteiger partial charge in [0.05, 0.1) is 24.6 Å². The fourth-order valence-electron chi connectivity index (χ4n) is 5.99. The number of nitrogens with two attached hydrogens (primary N) is 1. The van der Waals surface area contributed by atoms with Crippen LogP contribution in [0.5, 0.6) is 0 Å². The van der Waals surface area contributed by atoms with Gasteiger partial charge in [-0.05, 0) is 67.0 Å². The van der Waals surface area contributed by atoms with Gasteiger partial charge < -0.3 is 35.8 Å². The summed E-state index contributed by atoms with van der Waals surface area (Å²) in [4.78, 5) is 45.6. The van der Waals surface area contributed by atoms with Crippen LogP contribution in [0.25, 0.3) is 0 Å². The predicted molar refractivity (Wildman–Crippen MR) is 169 cm³/mol. The molecule has 4 N–H and O–H groups in total. The van der Waals surface area contributed by atoms with Gasteiger partial charge in [0, 0.05) is 62.5 Å². The number of ether oxygens (including phenoxy) is 1. The van der Waals surface area contributed by atoms with Gasteiger partial charge >= 0.3 is 6.03 Å². The molecule has 2 saturated heterocycles. The van der Waals surface area contributed by atoms with Gasteiger partial charge in [0.2, 0.25) is 0 Å². The molecular weight excluding hydrogens is 544 g/mol. The number of urea groups is 1. The number of benzene rings is 2. The molecule has 3 fully saturated rings. The fourth-order valence-corrected chi connectivity index (χ4v) is 5.99. The Morgan fingerprint density at radius 1 is 0.791 bits per heavy atom. The predicted octanol–water partition coefficient (Wildman–Crippen LogP) is 3.81. The third-order valence-electron chi connectivity index (χ3n) is 8.80. The van der Waals surface area contributed by atoms with E-state index >= 15 is 0 Å². The van der Waals surface area contributed by atoms with Crippen molar-refractivity contribution in [1.82, 2.24) is 15.1 Å². The lowest BCUT2D eigenvalue weighted by Crippen LogP contribution is -2.54. The highest BCUT2D eigenvalue weighted by Gasteiger charge is 2.28. The zero-order chi connectivity index (χ0) is 30.6. The number of amides is 4. The summed E-state index contributed by atoms with van der Waals surface area (Å²) in [6.45, 7) is 11.2. The number of carbonyl (C=O) groups excluding carboxylic acids is 3. The normalized spacial score (nSPS) is 21.3. The minimum absolute atomic E-state index is 0.0153. The fraction of sp³-hybridized carbons (Fsp3) is 0.545. The van der Waals surface area contributed by atoms with Gasteiger partial charge in [-0.2, -0.15) is 0 Å². The van der Waals surface area contributed by atoms with E-state index in [-0.39, 0.29) is 35.3 Å². The maximum absolute atomic E-state index is 13.4. The monoisotopic (exact) mass is 590 g/mol. The highest BCUT2D eigenvalue weighted by atomic mass is 16.5. The molecule has 0 atom stereocenters. The molecule has 2 heterocycles. The van der Waals surface area contributed by atoms with E-state index in [4.69, 9.17) is 10.5 Å². The van der Waals surface area contributed by atoms with Gasteiger partial charge in [-0.15, -0.1) is 0 Å². The van der Waals surface area contributed by atoms with E-state index in [2.05, 4.69) is 36.3 Å². The molecule has 0 unspecified atom stereocenters. The van der Waals surface area contributed by atoms with Gasteiger partial charge in [-0.1, -0.05) is 32.9 Å². The number of piperazine rings is 1. The van der Waals surface area contributed by atoms with Gasteiger partial charge in [-0.25, -0.2) is 4.79 Å². The summed E-state index contributed by atoms with van der Waals surface area (Å²) in [5, 5.41) is 6.25. The molecule has 0 bridgehead atoms. The Morgan fingerprint density at radius 2 is 1.40 bits per heavy atom. The summed E-state index contributed by atoms with van der Waals surface area (Å²) in [6, 6.07) is 13.5. The SMILES string of the molecule is CC(C)(C)c1ccc(C(=O)Nc2cc(C(=O)NC3CCC(N)CC3)ccc2N2CCN(C(=O)N3CCOCC3)CC2)cc1. The number of nitrogens with one attached hydrogen (secondary N) is 2. The largest absolute Gasteiger partial charge is 0.378 e. The van der Waals surface area contributed by atoms with Gasteiger partial charge in [0.15, 0.2) is 0 Å². The Morgan fingerprint density at radius 3 is 2.02 bits per heavy atom. The quantitative estimate of drug-likeness (QED) is 0.487. The zero-order valence-corrected chi connectivity index (χ0v) is 25.7. The van der Waals surface area contributed by atoms with Crippen LogP contribution in [0.1, 0.15) is 72.7 Å². The van der Waals surface area contributed by atoms with E-state index in [0.29, 0.717) is 69.3 Å². The standard InChI is InChI=1S/C33H46N6O4/c1-33(2,3)25-7-4-23(5-8-25)30(40)36-28-22-24(31(41)35-27-11-9-26(34)10-12-27)6-13-29(28)37-14-16-38(17-15-37)32(42)39-18-20-43-21-19-39/h4-8,13,22,26-27H,9-12,14-21,34H2,1-3H3,(H,35,41)(H,36,40). The number of morpholine rings is 1. The van der Waals surface area contributed by atoms with E-state index in [1.807, 2.05) is 46.2 Å². The van der Waals surface area contributed by atoms with Gasteiger partial charge in [-0.3, -0.25) is 9.59 Å². The van der Waals surface area contributed by atoms with Crippen molar-refractivity contribution in [3.8, 4) is 0 Å². The van der Waals surface area contributed by atoms with Gasteiger partial charge in [0.1, 0.15) is 0 Å². The summed E-state index contributed by atoms with van der Waals surface area (Å²) in [6.07, 6.45) is 3.54. The Bertz CT molecular complexity index is 1290. The number of rotatable bonds is 5. The van der Waals surface area contributed by atoms with Crippen molar-refractivity contribution < 1.29 is 19.1 Å². The number of hydrogen-bond donors (Lipinski definition) is 3. The van der Waals surface area contributed by atoms with Crippen LogP contribution in [0.3, 0.4) is 0 Å². The molecule has 43 heavy (non-hydrogen) atoms. The third-order valence-corrected chi connectivity index (χ3v) is 8.80. The molecule has 0 radical (unpaired) electrons. The van der Waals surface area contributed by atoms with Crippen molar-refractivity contribution in [2.24, 2.45) is 5.73 Å². The van der Waals surface area contributed by atoms with Crippen molar-refractivity contribution >= 4 is 29.2 Å². The van der Waals surface area contributed by atoms with Crippen LogP contribution in [0.4, 0.5) is 16.2 Å². The molecule has 232 valence electrons. The average molecular weight is 591 g/mol. The molecule has 0 aromatic heterocycles. The van der Waals surface area contributed by atoms with Crippen molar-refractivity contribution in [3.63, 3.8) is 0 Å². The second kappa shape index (κ2) is 13.3. The molecule has 1 saturated carbocycles. The molecule has 5 rings (SSSR count). The minimum atomic E-state index is -0.235. The van der Waals surface area contributed by atoms with Gasteiger partial charge in [0.25, 0.3) is 11.8 Å². The molecule has 2 aromatic carbocycles. The molecular formula is C33H46N6O4. The average Bonchev–Trinajstić information content (AvgIpc) is 3.02. The minimum Gasteiger partial charge on any atom is -0.378 e. The van der Waals surface area contributed by atoms with Crippen molar-refractivity contribution in [2.75, 3.05) is 62.7 Å². The van der Waals surface area contributed by atoms with E-state index in [9.17, 15) is 14.4 Å². The lowest BCUT2D eigenvalue weighted by atomic mass is 9.86.